The number of hydrogen-bond donors (Lipinski definition) is 1. The van der Waals surface area contributed by atoms with Crippen LogP contribution < -0.4 is 10.5 Å². The number of rotatable bonds is 3. The number of nitrogens with two attached hydrogens (primary N) is 1. The lowest BCUT2D eigenvalue weighted by Crippen LogP contribution is -2.28. The van der Waals surface area contributed by atoms with Gasteiger partial charge in [0.1, 0.15) is 5.75 Å². The average molecular weight is 326 g/mol. The molecule has 1 aromatic carbocycles. The third-order valence-electron chi connectivity index (χ3n) is 4.05. The van der Waals surface area contributed by atoms with Crippen LogP contribution in [0.4, 0.5) is 0 Å². The Morgan fingerprint density at radius 2 is 1.95 bits per heavy atom. The fraction of sp³-hybridized carbons (Fsp3) is 0.625. The standard InChI is InChI=1S/C16H24BrNO/c1-11(18)14-5-4-13(10-15(14)17)19-12-6-8-16(2,3)9-7-12/h4-5,10-12H,6-9,18H2,1-3H3. The highest BCUT2D eigenvalue weighted by molar-refractivity contribution is 9.10. The first-order valence-corrected chi connectivity index (χ1v) is 7.88. The van der Waals surface area contributed by atoms with Crippen molar-refractivity contribution in [1.29, 1.82) is 0 Å². The van der Waals surface area contributed by atoms with Gasteiger partial charge in [0.25, 0.3) is 0 Å². The van der Waals surface area contributed by atoms with Gasteiger partial charge in [-0.1, -0.05) is 35.8 Å². The van der Waals surface area contributed by atoms with Gasteiger partial charge in [-0.25, -0.2) is 0 Å². The van der Waals surface area contributed by atoms with Gasteiger partial charge in [0.15, 0.2) is 0 Å². The SMILES string of the molecule is CC(N)c1ccc(OC2CCC(C)(C)CC2)cc1Br. The third kappa shape index (κ3) is 3.96. The molecule has 2 rings (SSSR count). The van der Waals surface area contributed by atoms with E-state index in [9.17, 15) is 0 Å². The molecule has 3 heteroatoms. The minimum absolute atomic E-state index is 0.0407. The molecule has 0 saturated heterocycles. The Morgan fingerprint density at radius 1 is 1.32 bits per heavy atom. The van der Waals surface area contributed by atoms with Crippen LogP contribution in [0.1, 0.15) is 58.1 Å². The van der Waals surface area contributed by atoms with Crippen LogP contribution in [0.3, 0.4) is 0 Å². The molecule has 0 bridgehead atoms. The quantitative estimate of drug-likeness (QED) is 0.864. The van der Waals surface area contributed by atoms with Crippen molar-refractivity contribution in [3.05, 3.63) is 28.2 Å². The highest BCUT2D eigenvalue weighted by Crippen LogP contribution is 2.37. The molecule has 1 unspecified atom stereocenters. The van der Waals surface area contributed by atoms with Crippen LogP contribution in [0.2, 0.25) is 0 Å². The van der Waals surface area contributed by atoms with E-state index in [1.807, 2.05) is 19.1 Å². The summed E-state index contributed by atoms with van der Waals surface area (Å²) in [5.74, 6) is 0.945. The first kappa shape index (κ1) is 14.9. The molecule has 2 N–H and O–H groups in total. The van der Waals surface area contributed by atoms with Crippen molar-refractivity contribution in [2.24, 2.45) is 11.1 Å². The van der Waals surface area contributed by atoms with Crippen molar-refractivity contribution < 1.29 is 4.74 Å². The Morgan fingerprint density at radius 3 is 2.47 bits per heavy atom. The topological polar surface area (TPSA) is 35.2 Å². The minimum Gasteiger partial charge on any atom is -0.490 e. The lowest BCUT2D eigenvalue weighted by Gasteiger charge is -2.34. The Bertz CT molecular complexity index is 432. The maximum Gasteiger partial charge on any atom is 0.120 e. The van der Waals surface area contributed by atoms with Crippen LogP contribution in [0.5, 0.6) is 5.75 Å². The van der Waals surface area contributed by atoms with Gasteiger partial charge in [0.2, 0.25) is 0 Å². The summed E-state index contributed by atoms with van der Waals surface area (Å²) < 4.78 is 7.13. The van der Waals surface area contributed by atoms with Gasteiger partial charge in [0.05, 0.1) is 6.10 Å². The lowest BCUT2D eigenvalue weighted by molar-refractivity contribution is 0.0987. The summed E-state index contributed by atoms with van der Waals surface area (Å²) in [5, 5.41) is 0. The Hall–Kier alpha value is -0.540. The number of hydrogen-bond acceptors (Lipinski definition) is 2. The summed E-state index contributed by atoms with van der Waals surface area (Å²) >= 11 is 3.57. The monoisotopic (exact) mass is 325 g/mol. The summed E-state index contributed by atoms with van der Waals surface area (Å²) in [7, 11) is 0. The highest BCUT2D eigenvalue weighted by atomic mass is 79.9. The Balaban J connectivity index is 1.99. The van der Waals surface area contributed by atoms with Crippen molar-refractivity contribution >= 4 is 15.9 Å². The molecule has 1 aliphatic rings. The molecule has 2 nitrogen and oxygen atoms in total. The van der Waals surface area contributed by atoms with Gasteiger partial charge in [-0.15, -0.1) is 0 Å². The highest BCUT2D eigenvalue weighted by Gasteiger charge is 2.27. The molecular formula is C16H24BrNO. The van der Waals surface area contributed by atoms with Crippen LogP contribution in [0.25, 0.3) is 0 Å². The van der Waals surface area contributed by atoms with Gasteiger partial charge in [-0.3, -0.25) is 0 Å². The summed E-state index contributed by atoms with van der Waals surface area (Å²) in [4.78, 5) is 0. The number of ether oxygens (including phenoxy) is 1. The van der Waals surface area contributed by atoms with E-state index in [4.69, 9.17) is 10.5 Å². The second kappa shape index (κ2) is 5.84. The smallest absolute Gasteiger partial charge is 0.120 e. The van der Waals surface area contributed by atoms with Crippen molar-refractivity contribution in [1.82, 2.24) is 0 Å². The zero-order valence-corrected chi connectivity index (χ0v) is 13.7. The summed E-state index contributed by atoms with van der Waals surface area (Å²) in [6, 6.07) is 6.16. The lowest BCUT2D eigenvalue weighted by atomic mass is 9.76. The second-order valence-corrected chi connectivity index (χ2v) is 7.31. The van der Waals surface area contributed by atoms with Gasteiger partial charge < -0.3 is 10.5 Å². The number of halogens is 1. The van der Waals surface area contributed by atoms with Gasteiger partial charge >= 0.3 is 0 Å². The van der Waals surface area contributed by atoms with Crippen LogP contribution in [-0.4, -0.2) is 6.10 Å². The Kier molecular flexibility index (Phi) is 4.57. The molecule has 1 atom stereocenters. The van der Waals surface area contributed by atoms with Crippen molar-refractivity contribution in [2.75, 3.05) is 0 Å². The molecule has 1 aromatic rings. The van der Waals surface area contributed by atoms with E-state index < -0.39 is 0 Å². The normalized spacial score (nSPS) is 21.1. The van der Waals surface area contributed by atoms with E-state index in [1.165, 1.54) is 12.8 Å². The largest absolute Gasteiger partial charge is 0.490 e. The predicted molar refractivity (Wildman–Crippen MR) is 83.4 cm³/mol. The van der Waals surface area contributed by atoms with E-state index in [-0.39, 0.29) is 6.04 Å². The second-order valence-electron chi connectivity index (χ2n) is 6.45. The van der Waals surface area contributed by atoms with E-state index in [1.54, 1.807) is 0 Å². The molecule has 0 radical (unpaired) electrons. The maximum atomic E-state index is 6.09. The first-order chi connectivity index (χ1) is 8.87. The molecular weight excluding hydrogens is 302 g/mol. The molecule has 106 valence electrons. The zero-order valence-electron chi connectivity index (χ0n) is 12.1. The molecule has 1 fully saturated rings. The summed E-state index contributed by atoms with van der Waals surface area (Å²) in [5.41, 5.74) is 7.52. The van der Waals surface area contributed by atoms with E-state index in [0.29, 0.717) is 11.5 Å². The molecule has 0 aliphatic heterocycles. The van der Waals surface area contributed by atoms with E-state index in [2.05, 4.69) is 35.8 Å². The summed E-state index contributed by atoms with van der Waals surface area (Å²) in [6.07, 6.45) is 5.16. The van der Waals surface area contributed by atoms with E-state index in [0.717, 1.165) is 28.6 Å². The molecule has 19 heavy (non-hydrogen) atoms. The van der Waals surface area contributed by atoms with Crippen LogP contribution >= 0.6 is 15.9 Å². The molecule has 1 aliphatic carbocycles. The van der Waals surface area contributed by atoms with E-state index >= 15 is 0 Å². The first-order valence-electron chi connectivity index (χ1n) is 7.09. The van der Waals surface area contributed by atoms with Crippen LogP contribution in [0.15, 0.2) is 22.7 Å². The molecule has 0 aromatic heterocycles. The fourth-order valence-corrected chi connectivity index (χ4v) is 3.35. The van der Waals surface area contributed by atoms with Crippen LogP contribution in [0, 0.1) is 5.41 Å². The molecule has 0 heterocycles. The third-order valence-corrected chi connectivity index (χ3v) is 4.74. The Labute approximate surface area is 124 Å². The summed E-state index contributed by atoms with van der Waals surface area (Å²) in [6.45, 7) is 6.68. The number of benzene rings is 1. The molecule has 0 amide bonds. The van der Waals surface area contributed by atoms with Crippen molar-refractivity contribution in [3.8, 4) is 5.75 Å². The fourth-order valence-electron chi connectivity index (χ4n) is 2.63. The van der Waals surface area contributed by atoms with Crippen molar-refractivity contribution in [2.45, 2.75) is 58.6 Å². The molecule has 1 saturated carbocycles. The van der Waals surface area contributed by atoms with Gasteiger partial charge in [-0.05, 0) is 55.7 Å². The van der Waals surface area contributed by atoms with Gasteiger partial charge in [0, 0.05) is 10.5 Å². The average Bonchev–Trinajstić information content (AvgIpc) is 2.31. The minimum atomic E-state index is 0.0407. The van der Waals surface area contributed by atoms with Crippen molar-refractivity contribution in [3.63, 3.8) is 0 Å². The van der Waals surface area contributed by atoms with Gasteiger partial charge in [-0.2, -0.15) is 0 Å². The predicted octanol–water partition coefficient (Wildman–Crippen LogP) is 4.82. The van der Waals surface area contributed by atoms with Crippen LogP contribution in [-0.2, 0) is 0 Å². The zero-order chi connectivity index (χ0) is 14.0. The molecule has 0 spiro atoms. The maximum absolute atomic E-state index is 6.09.